The molecule has 2 aromatic heterocycles. The Morgan fingerprint density at radius 1 is 1.09 bits per heavy atom. The summed E-state index contributed by atoms with van der Waals surface area (Å²) in [6.45, 7) is 8.97. The number of nitrogens with two attached hydrogens (primary N) is 1. The predicted octanol–water partition coefficient (Wildman–Crippen LogP) is 8.92. The van der Waals surface area contributed by atoms with E-state index in [1.807, 2.05) is 6.07 Å². The van der Waals surface area contributed by atoms with Gasteiger partial charge in [0.15, 0.2) is 0 Å². The summed E-state index contributed by atoms with van der Waals surface area (Å²) in [7, 11) is 0. The van der Waals surface area contributed by atoms with Crippen molar-refractivity contribution in [1.29, 1.82) is 0 Å². The monoisotopic (exact) mass is 681 g/mol. The smallest absolute Gasteiger partial charge is 0.337 e. The molecule has 0 atom stereocenters. The highest BCUT2D eigenvalue weighted by molar-refractivity contribution is 8.01. The average molecular weight is 683 g/mol. The fourth-order valence-electron chi connectivity index (χ4n) is 5.33. The van der Waals surface area contributed by atoms with Crippen molar-refractivity contribution in [3.05, 3.63) is 69.0 Å². The molecule has 1 aliphatic heterocycles. The lowest BCUT2D eigenvalue weighted by Crippen LogP contribution is -2.41. The van der Waals surface area contributed by atoms with Gasteiger partial charge in [0.25, 0.3) is 5.91 Å². The zero-order chi connectivity index (χ0) is 31.9. The number of thioether (sulfide) groups is 1. The molecule has 0 bridgehead atoms. The predicted molar refractivity (Wildman–Crippen MR) is 173 cm³/mol. The number of nitrogens with zero attached hydrogens (tertiary/aromatic N) is 4. The number of piperidine rings is 1. The number of aryl methyl sites for hydroxylation is 2. The molecule has 2 N–H and O–H groups in total. The molecule has 0 unspecified atom stereocenters. The van der Waals surface area contributed by atoms with Gasteiger partial charge in [-0.25, -0.2) is 4.98 Å². The van der Waals surface area contributed by atoms with E-state index in [2.05, 4.69) is 13.8 Å². The van der Waals surface area contributed by atoms with Gasteiger partial charge in [0.1, 0.15) is 5.69 Å². The second-order valence-electron chi connectivity index (χ2n) is 11.2. The first kappa shape index (κ1) is 32.8. The van der Waals surface area contributed by atoms with Crippen LogP contribution in [0.1, 0.15) is 54.0 Å². The quantitative estimate of drug-likeness (QED) is 0.197. The van der Waals surface area contributed by atoms with Gasteiger partial charge in [-0.2, -0.15) is 23.0 Å². The molecule has 1 saturated heterocycles. The van der Waals surface area contributed by atoms with Crippen LogP contribution in [0.5, 0.6) is 0 Å². The average Bonchev–Trinajstić information content (AvgIpc) is 3.53. The number of carbonyl (C=O) groups excluding carboxylic acids is 1. The third-order valence-electron chi connectivity index (χ3n) is 7.49. The Kier molecular flexibility index (Phi) is 9.72. The van der Waals surface area contributed by atoms with Crippen molar-refractivity contribution in [2.24, 2.45) is 11.7 Å². The minimum absolute atomic E-state index is 0.183. The van der Waals surface area contributed by atoms with Crippen molar-refractivity contribution in [1.82, 2.24) is 19.7 Å². The molecule has 0 saturated carbocycles. The van der Waals surface area contributed by atoms with Gasteiger partial charge >= 0.3 is 6.18 Å². The van der Waals surface area contributed by atoms with Crippen LogP contribution < -0.4 is 5.73 Å². The second kappa shape index (κ2) is 13.0. The van der Waals surface area contributed by atoms with E-state index in [-0.39, 0.29) is 22.4 Å². The zero-order valence-electron chi connectivity index (χ0n) is 24.6. The second-order valence-corrected chi connectivity index (χ2v) is 14.8. The Balaban J connectivity index is 1.72. The lowest BCUT2D eigenvalue weighted by molar-refractivity contribution is -0.137. The van der Waals surface area contributed by atoms with Crippen LogP contribution in [-0.2, 0) is 6.18 Å². The van der Waals surface area contributed by atoms with Crippen LogP contribution >= 0.6 is 46.3 Å². The third kappa shape index (κ3) is 6.82. The van der Waals surface area contributed by atoms with Crippen molar-refractivity contribution in [2.45, 2.75) is 56.2 Å². The maximum atomic E-state index is 14.3. The van der Waals surface area contributed by atoms with E-state index in [0.717, 1.165) is 34.7 Å². The molecule has 44 heavy (non-hydrogen) atoms. The van der Waals surface area contributed by atoms with Crippen LogP contribution in [0, 0.1) is 19.8 Å². The van der Waals surface area contributed by atoms with Gasteiger partial charge in [0, 0.05) is 29.5 Å². The summed E-state index contributed by atoms with van der Waals surface area (Å²) in [5, 5.41) is 6.19. The molecule has 4 aromatic rings. The summed E-state index contributed by atoms with van der Waals surface area (Å²) in [5.74, 6) is 0.00936. The summed E-state index contributed by atoms with van der Waals surface area (Å²) in [6.07, 6.45) is -3.05. The fraction of sp³-hybridized carbons (Fsp3) is 0.387. The molecule has 0 spiro atoms. The number of halogens is 5. The number of hydrogen-bond acceptors (Lipinski definition) is 6. The lowest BCUT2D eigenvalue weighted by atomic mass is 9.95. The molecule has 0 radical (unpaired) electrons. The van der Waals surface area contributed by atoms with E-state index in [0.29, 0.717) is 63.2 Å². The van der Waals surface area contributed by atoms with Gasteiger partial charge in [0.2, 0.25) is 5.13 Å². The van der Waals surface area contributed by atoms with Gasteiger partial charge in [-0.1, -0.05) is 60.5 Å². The van der Waals surface area contributed by atoms with Crippen LogP contribution in [0.2, 0.25) is 10.0 Å². The number of likely N-dealkylation sites (tertiary alicyclic amines) is 1. The van der Waals surface area contributed by atoms with Gasteiger partial charge in [-0.05, 0) is 74.5 Å². The Hall–Kier alpha value is -2.57. The highest BCUT2D eigenvalue weighted by Gasteiger charge is 2.34. The highest BCUT2D eigenvalue weighted by Crippen LogP contribution is 2.43. The normalized spacial score (nSPS) is 14.6. The van der Waals surface area contributed by atoms with E-state index in [9.17, 15) is 18.0 Å². The molecule has 1 fully saturated rings. The maximum absolute atomic E-state index is 14.3. The summed E-state index contributed by atoms with van der Waals surface area (Å²) in [4.78, 5) is 21.0. The first-order valence-corrected chi connectivity index (χ1v) is 16.6. The van der Waals surface area contributed by atoms with Crippen LogP contribution in [0.4, 0.5) is 13.2 Å². The van der Waals surface area contributed by atoms with Gasteiger partial charge in [-0.3, -0.25) is 4.79 Å². The molecule has 1 aliphatic rings. The summed E-state index contributed by atoms with van der Waals surface area (Å²) in [5.41, 5.74) is 8.18. The number of alkyl halides is 3. The first-order chi connectivity index (χ1) is 20.8. The third-order valence-corrected chi connectivity index (χ3v) is 10.5. The molecule has 1 amide bonds. The highest BCUT2D eigenvalue weighted by atomic mass is 35.5. The first-order valence-electron chi connectivity index (χ1n) is 14.2. The number of amides is 1. The van der Waals surface area contributed by atoms with E-state index in [1.54, 1.807) is 48.7 Å². The number of thiazole rings is 1. The number of hydrogen-bond donors (Lipinski definition) is 1. The molecule has 234 valence electrons. The Morgan fingerprint density at radius 2 is 1.80 bits per heavy atom. The van der Waals surface area contributed by atoms with Crippen molar-refractivity contribution >= 4 is 52.2 Å². The SMILES string of the molecule is Cc1cc(-c2c(C)nn(-c3nc(-c4ccc(Cl)c(Cl)c4)c(SC(C)C)s3)c2C(=O)N2CCC(CN)CC2)cc(C(F)(F)F)c1. The molecule has 5 rings (SSSR count). The zero-order valence-corrected chi connectivity index (χ0v) is 27.8. The number of carbonyl (C=O) groups is 1. The Labute approximate surface area is 272 Å². The minimum atomic E-state index is -4.55. The molecule has 13 heteroatoms. The summed E-state index contributed by atoms with van der Waals surface area (Å²) in [6, 6.07) is 9.12. The number of rotatable bonds is 7. The molecule has 6 nitrogen and oxygen atoms in total. The minimum Gasteiger partial charge on any atom is -0.337 e. The number of aromatic nitrogens is 3. The van der Waals surface area contributed by atoms with Crippen LogP contribution in [0.3, 0.4) is 0 Å². The number of benzene rings is 2. The van der Waals surface area contributed by atoms with E-state index in [4.69, 9.17) is 39.0 Å². The van der Waals surface area contributed by atoms with E-state index < -0.39 is 11.7 Å². The van der Waals surface area contributed by atoms with E-state index >= 15 is 0 Å². The molecule has 3 heterocycles. The van der Waals surface area contributed by atoms with Crippen molar-refractivity contribution in [3.63, 3.8) is 0 Å². The van der Waals surface area contributed by atoms with Crippen molar-refractivity contribution in [2.75, 3.05) is 19.6 Å². The summed E-state index contributed by atoms with van der Waals surface area (Å²) < 4.78 is 44.0. The largest absolute Gasteiger partial charge is 0.416 e. The Bertz CT molecular complexity index is 1690. The van der Waals surface area contributed by atoms with Crippen molar-refractivity contribution < 1.29 is 18.0 Å². The molecular weight excluding hydrogens is 650 g/mol. The van der Waals surface area contributed by atoms with Crippen LogP contribution in [0.25, 0.3) is 27.5 Å². The Morgan fingerprint density at radius 3 is 2.41 bits per heavy atom. The van der Waals surface area contributed by atoms with Gasteiger partial charge in [0.05, 0.1) is 31.2 Å². The molecular formula is C31H32Cl2F3N5OS2. The molecule has 0 aliphatic carbocycles. The standard InChI is InChI=1S/C31H32Cl2F3N5OS2/c1-16(2)43-29-26(20-5-6-23(32)24(33)14-20)38-30(44-29)41-27(28(42)40-9-7-19(15-37)8-10-40)25(18(4)39-41)21-11-17(3)12-22(13-21)31(34,35)36/h5-6,11-14,16,19H,7-10,15,37H2,1-4H3. The van der Waals surface area contributed by atoms with Crippen molar-refractivity contribution in [3.8, 4) is 27.5 Å². The lowest BCUT2D eigenvalue weighted by Gasteiger charge is -2.31. The summed E-state index contributed by atoms with van der Waals surface area (Å²) >= 11 is 15.5. The topological polar surface area (TPSA) is 77.0 Å². The maximum Gasteiger partial charge on any atom is 0.416 e. The van der Waals surface area contributed by atoms with Gasteiger partial charge < -0.3 is 10.6 Å². The van der Waals surface area contributed by atoms with Crippen LogP contribution in [-0.4, -0.2) is 50.5 Å². The van der Waals surface area contributed by atoms with Gasteiger partial charge in [-0.15, -0.1) is 11.8 Å². The molecule has 2 aromatic carbocycles. The fourth-order valence-corrected chi connectivity index (χ4v) is 8.10. The van der Waals surface area contributed by atoms with Crippen LogP contribution in [0.15, 0.2) is 40.6 Å². The van der Waals surface area contributed by atoms with E-state index in [1.165, 1.54) is 16.0 Å².